The van der Waals surface area contributed by atoms with Crippen molar-refractivity contribution in [3.8, 4) is 17.6 Å². The molecule has 0 aromatic heterocycles. The Bertz CT molecular complexity index is 924. The molecule has 5 heteroatoms. The number of hydrogen-bond acceptors (Lipinski definition) is 4. The lowest BCUT2D eigenvalue weighted by molar-refractivity contribution is -0.142. The van der Waals surface area contributed by atoms with Gasteiger partial charge in [-0.05, 0) is 55.2 Å². The molecule has 0 N–H and O–H groups in total. The molecule has 158 valence electrons. The average Bonchev–Trinajstić information content (AvgIpc) is 2.74. The van der Waals surface area contributed by atoms with Crippen molar-refractivity contribution in [3.05, 3.63) is 59.2 Å². The first kappa shape index (κ1) is 21.7. The van der Waals surface area contributed by atoms with E-state index >= 15 is 0 Å². The first-order valence-electron chi connectivity index (χ1n) is 10.6. The predicted molar refractivity (Wildman–Crippen MR) is 117 cm³/mol. The van der Waals surface area contributed by atoms with Crippen LogP contribution in [0.1, 0.15) is 43.4 Å². The molecule has 0 spiro atoms. The summed E-state index contributed by atoms with van der Waals surface area (Å²) in [7, 11) is 0. The fourth-order valence-corrected chi connectivity index (χ4v) is 3.62. The summed E-state index contributed by atoms with van der Waals surface area (Å²) in [4.78, 5) is 15.0. The lowest BCUT2D eigenvalue weighted by Gasteiger charge is -2.35. The Labute approximate surface area is 179 Å². The van der Waals surface area contributed by atoms with Gasteiger partial charge in [-0.25, -0.2) is 0 Å². The second kappa shape index (κ2) is 9.67. The van der Waals surface area contributed by atoms with Crippen LogP contribution in [0, 0.1) is 31.1 Å². The smallest absolute Gasteiger partial charge is 0.263 e. The van der Waals surface area contributed by atoms with Gasteiger partial charge in [-0.15, -0.1) is 0 Å². The van der Waals surface area contributed by atoms with E-state index in [1.807, 2.05) is 30.9 Å². The summed E-state index contributed by atoms with van der Waals surface area (Å²) in [6.07, 6.45) is 1.07. The molecule has 1 saturated heterocycles. The van der Waals surface area contributed by atoms with Gasteiger partial charge in [-0.2, -0.15) is 5.26 Å². The number of carbonyl (C=O) groups excluding carboxylic acids is 1. The molecule has 1 fully saturated rings. The highest BCUT2D eigenvalue weighted by atomic mass is 16.5. The zero-order valence-corrected chi connectivity index (χ0v) is 18.2. The van der Waals surface area contributed by atoms with E-state index in [1.165, 1.54) is 11.1 Å². The Balaban J connectivity index is 1.61. The maximum atomic E-state index is 13.2. The Morgan fingerprint density at radius 3 is 2.43 bits per heavy atom. The van der Waals surface area contributed by atoms with Gasteiger partial charge in [0.1, 0.15) is 23.7 Å². The van der Waals surface area contributed by atoms with Crippen LogP contribution in [0.5, 0.6) is 11.5 Å². The van der Waals surface area contributed by atoms with Crippen molar-refractivity contribution in [1.82, 2.24) is 4.90 Å². The van der Waals surface area contributed by atoms with E-state index in [0.29, 0.717) is 24.4 Å². The monoisotopic (exact) mass is 406 g/mol. The second-order valence-corrected chi connectivity index (χ2v) is 8.28. The van der Waals surface area contributed by atoms with E-state index in [9.17, 15) is 10.1 Å². The molecule has 2 aromatic carbocycles. The highest BCUT2D eigenvalue weighted by Gasteiger charge is 2.32. The van der Waals surface area contributed by atoms with Gasteiger partial charge in [0.25, 0.3) is 5.91 Å². The van der Waals surface area contributed by atoms with Crippen molar-refractivity contribution >= 4 is 5.91 Å². The van der Waals surface area contributed by atoms with E-state index in [2.05, 4.69) is 32.0 Å². The molecule has 1 aliphatic heterocycles. The van der Waals surface area contributed by atoms with Crippen molar-refractivity contribution in [2.45, 2.75) is 52.7 Å². The van der Waals surface area contributed by atoms with Crippen LogP contribution in [0.2, 0.25) is 0 Å². The van der Waals surface area contributed by atoms with Crippen LogP contribution >= 0.6 is 0 Å². The average molecular weight is 407 g/mol. The normalized spacial score (nSPS) is 15.5. The van der Waals surface area contributed by atoms with Gasteiger partial charge in [-0.1, -0.05) is 32.0 Å². The fourth-order valence-electron chi connectivity index (χ4n) is 3.62. The van der Waals surface area contributed by atoms with Gasteiger partial charge >= 0.3 is 0 Å². The van der Waals surface area contributed by atoms with Gasteiger partial charge < -0.3 is 14.4 Å². The number of aryl methyl sites for hydroxylation is 2. The standard InChI is InChI=1S/C25H30N2O3/c1-17(2)24(30-23-8-6-5-7-20(23)16-26)25(28)27-13-11-21(12-14-27)29-22-10-9-18(3)19(4)15-22/h5-10,15,17,21,24H,11-14H2,1-4H3. The number of nitrogens with zero attached hydrogens (tertiary/aromatic N) is 2. The summed E-state index contributed by atoms with van der Waals surface area (Å²) in [5, 5.41) is 9.30. The number of ether oxygens (including phenoxy) is 2. The largest absolute Gasteiger partial charge is 0.490 e. The predicted octanol–water partition coefficient (Wildman–Crippen LogP) is 4.65. The minimum atomic E-state index is -0.614. The quantitative estimate of drug-likeness (QED) is 0.701. The SMILES string of the molecule is Cc1ccc(OC2CCN(C(=O)C(Oc3ccccc3C#N)C(C)C)CC2)cc1C. The van der Waals surface area contributed by atoms with E-state index in [0.717, 1.165) is 18.6 Å². The first-order valence-corrected chi connectivity index (χ1v) is 10.6. The molecule has 1 amide bonds. The topological polar surface area (TPSA) is 62.6 Å². The van der Waals surface area contributed by atoms with Crippen LogP contribution in [0.15, 0.2) is 42.5 Å². The van der Waals surface area contributed by atoms with E-state index in [1.54, 1.807) is 18.2 Å². The third-order valence-electron chi connectivity index (χ3n) is 5.65. The number of benzene rings is 2. The Kier molecular flexibility index (Phi) is 6.99. The van der Waals surface area contributed by atoms with Crippen LogP contribution in [-0.4, -0.2) is 36.1 Å². The molecule has 0 bridgehead atoms. The van der Waals surface area contributed by atoms with Gasteiger partial charge in [0, 0.05) is 25.9 Å². The second-order valence-electron chi connectivity index (χ2n) is 8.28. The van der Waals surface area contributed by atoms with E-state index in [4.69, 9.17) is 9.47 Å². The van der Waals surface area contributed by atoms with Crippen LogP contribution in [-0.2, 0) is 4.79 Å². The molecule has 1 aliphatic rings. The molecular weight excluding hydrogens is 376 g/mol. The third kappa shape index (κ3) is 5.13. The van der Waals surface area contributed by atoms with E-state index < -0.39 is 6.10 Å². The van der Waals surface area contributed by atoms with Gasteiger partial charge in [0.15, 0.2) is 6.10 Å². The minimum absolute atomic E-state index is 0.00578. The Morgan fingerprint density at radius 1 is 1.10 bits per heavy atom. The summed E-state index contributed by atoms with van der Waals surface area (Å²) < 4.78 is 12.2. The maximum Gasteiger partial charge on any atom is 0.263 e. The Morgan fingerprint density at radius 2 is 1.80 bits per heavy atom. The number of para-hydroxylation sites is 1. The number of rotatable bonds is 6. The summed E-state index contributed by atoms with van der Waals surface area (Å²) in [5.74, 6) is 1.32. The number of carbonyl (C=O) groups is 1. The number of hydrogen-bond donors (Lipinski definition) is 0. The van der Waals surface area contributed by atoms with Crippen molar-refractivity contribution in [2.24, 2.45) is 5.92 Å². The molecule has 1 unspecified atom stereocenters. The molecule has 1 heterocycles. The van der Waals surface area contributed by atoms with Crippen molar-refractivity contribution < 1.29 is 14.3 Å². The lowest BCUT2D eigenvalue weighted by atomic mass is 10.0. The molecule has 0 radical (unpaired) electrons. The zero-order chi connectivity index (χ0) is 21.7. The number of nitriles is 1. The molecule has 3 rings (SSSR count). The highest BCUT2D eigenvalue weighted by molar-refractivity contribution is 5.81. The first-order chi connectivity index (χ1) is 14.4. The summed E-state index contributed by atoms with van der Waals surface area (Å²) in [6.45, 7) is 9.38. The number of likely N-dealkylation sites (tertiary alicyclic amines) is 1. The fraction of sp³-hybridized carbons (Fsp3) is 0.440. The van der Waals surface area contributed by atoms with Gasteiger partial charge in [0.05, 0.1) is 5.56 Å². The number of amides is 1. The lowest BCUT2D eigenvalue weighted by Crippen LogP contribution is -2.49. The van der Waals surface area contributed by atoms with Crippen molar-refractivity contribution in [1.29, 1.82) is 5.26 Å². The molecule has 30 heavy (non-hydrogen) atoms. The molecule has 1 atom stereocenters. The van der Waals surface area contributed by atoms with Gasteiger partial charge in [0.2, 0.25) is 0 Å². The molecular formula is C25H30N2O3. The zero-order valence-electron chi connectivity index (χ0n) is 18.2. The summed E-state index contributed by atoms with van der Waals surface area (Å²) in [5.41, 5.74) is 2.91. The van der Waals surface area contributed by atoms with Crippen molar-refractivity contribution in [2.75, 3.05) is 13.1 Å². The van der Waals surface area contributed by atoms with Crippen LogP contribution in [0.25, 0.3) is 0 Å². The molecule has 0 aliphatic carbocycles. The van der Waals surface area contributed by atoms with E-state index in [-0.39, 0.29) is 17.9 Å². The minimum Gasteiger partial charge on any atom is -0.490 e. The van der Waals surface area contributed by atoms with Crippen LogP contribution in [0.4, 0.5) is 0 Å². The van der Waals surface area contributed by atoms with Crippen LogP contribution < -0.4 is 9.47 Å². The molecule has 0 saturated carbocycles. The van der Waals surface area contributed by atoms with Crippen molar-refractivity contribution in [3.63, 3.8) is 0 Å². The number of piperidine rings is 1. The van der Waals surface area contributed by atoms with Gasteiger partial charge in [-0.3, -0.25) is 4.79 Å². The summed E-state index contributed by atoms with van der Waals surface area (Å²) in [6, 6.07) is 15.3. The Hall–Kier alpha value is -3.00. The summed E-state index contributed by atoms with van der Waals surface area (Å²) >= 11 is 0. The highest BCUT2D eigenvalue weighted by Crippen LogP contribution is 2.25. The molecule has 2 aromatic rings. The van der Waals surface area contributed by atoms with Crippen LogP contribution in [0.3, 0.4) is 0 Å². The molecule has 5 nitrogen and oxygen atoms in total. The maximum absolute atomic E-state index is 13.2. The third-order valence-corrected chi connectivity index (χ3v) is 5.65.